The van der Waals surface area contributed by atoms with Gasteiger partial charge in [-0.25, -0.2) is 8.42 Å². The summed E-state index contributed by atoms with van der Waals surface area (Å²) in [5.74, 6) is 1.68. The summed E-state index contributed by atoms with van der Waals surface area (Å²) in [4.78, 5) is 0. The lowest BCUT2D eigenvalue weighted by atomic mass is 10.8. The van der Waals surface area contributed by atoms with Crippen LogP contribution < -0.4 is 4.49 Å². The highest BCUT2D eigenvalue weighted by Crippen LogP contribution is 2.47. The molecule has 0 aliphatic carbocycles. The van der Waals surface area contributed by atoms with Crippen LogP contribution in [0.1, 0.15) is 0 Å². The van der Waals surface area contributed by atoms with Gasteiger partial charge in [-0.05, 0) is 0 Å². The fraction of sp³-hybridized carbons (Fsp3) is 0.500. The third kappa shape index (κ3) is 4.61. The Morgan fingerprint density at radius 2 is 2.00 bits per heavy atom. The summed E-state index contributed by atoms with van der Waals surface area (Å²) < 4.78 is 72.8. The van der Waals surface area contributed by atoms with Crippen LogP contribution in [0.3, 0.4) is 0 Å². The highest BCUT2D eigenvalue weighted by atomic mass is 32.2. The fourth-order valence-corrected chi connectivity index (χ4v) is 2.47. The first-order valence-corrected chi connectivity index (χ1v) is 6.12. The van der Waals surface area contributed by atoms with Crippen LogP contribution in [0.25, 0.3) is 0 Å². The largest absolute Gasteiger partial charge is 0.511 e. The number of hydrogen-bond acceptors (Lipinski definition) is 4. The number of alkyl halides is 3. The monoisotopic (exact) mass is 268 g/mol. The van der Waals surface area contributed by atoms with E-state index in [2.05, 4.69) is 10.9 Å². The molecule has 0 fully saturated rings. The van der Waals surface area contributed by atoms with Crippen LogP contribution in [-0.2, 0) is 14.5 Å². The third-order valence-corrected chi connectivity index (χ3v) is 3.86. The van der Waals surface area contributed by atoms with Gasteiger partial charge in [0.05, 0.1) is 0 Å². The highest BCUT2D eigenvalue weighted by Gasteiger charge is 2.48. The Morgan fingerprint density at radius 3 is 2.33 bits per heavy atom. The predicted molar refractivity (Wildman–Crippen MR) is 43.6 cm³/mol. The molecule has 0 aliphatic heterocycles. The van der Waals surface area contributed by atoms with Gasteiger partial charge in [-0.1, -0.05) is 5.92 Å². The minimum Gasteiger partial charge on any atom is -0.296 e. The van der Waals surface area contributed by atoms with Gasteiger partial charge < -0.3 is 0 Å². The molecule has 0 amide bonds. The van der Waals surface area contributed by atoms with Crippen molar-refractivity contribution in [1.29, 1.82) is 5.16 Å². The van der Waals surface area contributed by atoms with Gasteiger partial charge in [-0.3, -0.25) is 9.69 Å². The topological polar surface area (TPSA) is 79.2 Å². The Bertz CT molecular complexity index is 411. The molecule has 0 saturated heterocycles. The van der Waals surface area contributed by atoms with Crippen LogP contribution in [0.5, 0.6) is 0 Å². The lowest BCUT2D eigenvalue weighted by Crippen LogP contribution is -2.34. The lowest BCUT2D eigenvalue weighted by Gasteiger charge is -2.14. The quantitative estimate of drug-likeness (QED) is 0.461. The first-order valence-electron chi connectivity index (χ1n) is 3.04. The number of nitrogens with one attached hydrogen (secondary N) is 2. The smallest absolute Gasteiger partial charge is 0.296 e. The Balaban J connectivity index is 4.76. The van der Waals surface area contributed by atoms with Gasteiger partial charge >= 0.3 is 23.3 Å². The van der Waals surface area contributed by atoms with E-state index in [1.807, 2.05) is 0 Å². The number of hydrogen-bond donors (Lipinski definition) is 2. The predicted octanol–water partition coefficient (Wildman–Crippen LogP) is 1.57. The van der Waals surface area contributed by atoms with E-state index in [-0.39, 0.29) is 0 Å². The standard InChI is InChI=1S/C4H5F4N2O3PS/c1-2-3-13-14(8,9)10-15(11,12)4(5,6)7/h1H,3H2,(H2,9,10). The molecule has 0 saturated carbocycles. The number of halogens is 4. The first kappa shape index (κ1) is 14.4. The van der Waals surface area contributed by atoms with Crippen molar-refractivity contribution in [2.75, 3.05) is 6.61 Å². The molecule has 88 valence electrons. The molecule has 0 radical (unpaired) electrons. The zero-order valence-corrected chi connectivity index (χ0v) is 8.59. The van der Waals surface area contributed by atoms with Crippen LogP contribution in [0, 0.1) is 17.5 Å². The summed E-state index contributed by atoms with van der Waals surface area (Å²) in [6, 6.07) is 0. The van der Waals surface area contributed by atoms with Crippen molar-refractivity contribution in [3.63, 3.8) is 0 Å². The van der Waals surface area contributed by atoms with Gasteiger partial charge in [0, 0.05) is 0 Å². The molecular formula is C4H5F4N2O3PS. The molecule has 0 heterocycles. The molecule has 0 aromatic rings. The highest BCUT2D eigenvalue weighted by molar-refractivity contribution is 7.95. The van der Waals surface area contributed by atoms with E-state index in [1.54, 1.807) is 5.92 Å². The summed E-state index contributed by atoms with van der Waals surface area (Å²) in [6.45, 7) is -0.811. The maximum atomic E-state index is 12.8. The van der Waals surface area contributed by atoms with Crippen molar-refractivity contribution in [3.8, 4) is 12.3 Å². The maximum absolute atomic E-state index is 12.8. The van der Waals surface area contributed by atoms with Crippen LogP contribution >= 0.6 is 7.74 Å². The average molecular weight is 268 g/mol. The van der Waals surface area contributed by atoms with Crippen LogP contribution in [0.15, 0.2) is 0 Å². The number of terminal acetylenes is 1. The molecule has 11 heteroatoms. The Kier molecular flexibility index (Phi) is 4.30. The van der Waals surface area contributed by atoms with Crippen LogP contribution in [0.4, 0.5) is 17.4 Å². The summed E-state index contributed by atoms with van der Waals surface area (Å²) in [5, 5.41) is 6.50. The second-order valence-corrected chi connectivity index (χ2v) is 5.57. The zero-order valence-electron chi connectivity index (χ0n) is 6.88. The summed E-state index contributed by atoms with van der Waals surface area (Å²) in [6.07, 6.45) is 4.58. The molecule has 2 N–H and O–H groups in total. The van der Waals surface area contributed by atoms with E-state index in [0.29, 0.717) is 4.49 Å². The third-order valence-electron chi connectivity index (χ3n) is 0.868. The number of rotatable bonds is 4. The summed E-state index contributed by atoms with van der Waals surface area (Å²) in [5.41, 5.74) is -5.70. The molecule has 0 spiro atoms. The van der Waals surface area contributed by atoms with Crippen molar-refractivity contribution in [2.45, 2.75) is 5.51 Å². The van der Waals surface area contributed by atoms with Gasteiger partial charge in [0.2, 0.25) is 0 Å². The van der Waals surface area contributed by atoms with Gasteiger partial charge in [0.25, 0.3) is 0 Å². The van der Waals surface area contributed by atoms with Crippen molar-refractivity contribution < 1.29 is 30.3 Å². The molecule has 5 nitrogen and oxygen atoms in total. The summed E-state index contributed by atoms with van der Waals surface area (Å²) in [7, 11) is -11.1. The Hall–Kier alpha value is -0.620. The molecule has 1 atom stereocenters. The maximum Gasteiger partial charge on any atom is 0.511 e. The molecular weight excluding hydrogens is 263 g/mol. The molecule has 0 rings (SSSR count). The van der Waals surface area contributed by atoms with E-state index in [1.165, 1.54) is 0 Å². The Morgan fingerprint density at radius 1 is 1.53 bits per heavy atom. The molecule has 0 bridgehead atoms. The van der Waals surface area contributed by atoms with E-state index >= 15 is 0 Å². The van der Waals surface area contributed by atoms with Crippen molar-refractivity contribution >= 4 is 17.8 Å². The van der Waals surface area contributed by atoms with E-state index in [4.69, 9.17) is 5.16 Å². The van der Waals surface area contributed by atoms with E-state index in [9.17, 15) is 25.8 Å². The SMILES string of the molecule is C#CCOP(=N)(F)NS(=O)(=O)C(F)(F)F. The van der Waals surface area contributed by atoms with Crippen molar-refractivity contribution in [2.24, 2.45) is 0 Å². The van der Waals surface area contributed by atoms with Gasteiger partial charge in [-0.15, -0.1) is 10.9 Å². The van der Waals surface area contributed by atoms with Gasteiger partial charge in [0.15, 0.2) is 0 Å². The molecule has 0 aromatic carbocycles. The lowest BCUT2D eigenvalue weighted by molar-refractivity contribution is -0.0442. The first-order chi connectivity index (χ1) is 6.52. The van der Waals surface area contributed by atoms with E-state index in [0.717, 1.165) is 0 Å². The second-order valence-electron chi connectivity index (χ2n) is 2.05. The van der Waals surface area contributed by atoms with Crippen LogP contribution in [-0.4, -0.2) is 20.5 Å². The van der Waals surface area contributed by atoms with Crippen LogP contribution in [0.2, 0.25) is 0 Å². The van der Waals surface area contributed by atoms with Crippen molar-refractivity contribution in [3.05, 3.63) is 0 Å². The molecule has 1 unspecified atom stereocenters. The fourth-order valence-electron chi connectivity index (χ4n) is 0.359. The zero-order chi connectivity index (χ0) is 12.3. The normalized spacial score (nSPS) is 16.7. The molecule has 0 aromatic heterocycles. The second kappa shape index (κ2) is 4.49. The van der Waals surface area contributed by atoms with Gasteiger partial charge in [-0.2, -0.15) is 17.4 Å². The van der Waals surface area contributed by atoms with E-state index < -0.39 is 29.9 Å². The Labute approximate surface area is 83.0 Å². The number of sulfonamides is 1. The molecule has 15 heavy (non-hydrogen) atoms. The van der Waals surface area contributed by atoms with Gasteiger partial charge in [0.1, 0.15) is 6.61 Å². The minimum absolute atomic E-state index is 0.448. The minimum atomic E-state index is -5.94. The average Bonchev–Trinajstić information content (AvgIpc) is 1.96. The molecule has 0 aliphatic rings. The summed E-state index contributed by atoms with van der Waals surface area (Å²) >= 11 is 0. The van der Waals surface area contributed by atoms with Crippen molar-refractivity contribution in [1.82, 2.24) is 4.49 Å².